The van der Waals surface area contributed by atoms with Crippen LogP contribution in [0, 0.1) is 11.8 Å². The van der Waals surface area contributed by atoms with Crippen molar-refractivity contribution in [2.24, 2.45) is 17.6 Å². The molecule has 0 aliphatic heterocycles. The highest BCUT2D eigenvalue weighted by molar-refractivity contribution is 5.93. The SMILES string of the molecule is CC(C)CC(CC(=O)NO)C(=O)NC(Cc1ccc2ccccc2c1)C(=O)NC(C)C(=O)NCCN. The summed E-state index contributed by atoms with van der Waals surface area (Å²) in [5.41, 5.74) is 7.80. The molecule has 0 radical (unpaired) electrons. The topological polar surface area (TPSA) is 163 Å². The van der Waals surface area contributed by atoms with Gasteiger partial charge in [0.15, 0.2) is 0 Å². The van der Waals surface area contributed by atoms with Crippen LogP contribution < -0.4 is 27.2 Å². The van der Waals surface area contributed by atoms with Gasteiger partial charge in [-0.2, -0.15) is 0 Å². The number of nitrogens with two attached hydrogens (primary N) is 1. The van der Waals surface area contributed by atoms with Crippen molar-refractivity contribution in [1.82, 2.24) is 21.4 Å². The van der Waals surface area contributed by atoms with Gasteiger partial charge in [-0.05, 0) is 35.6 Å². The quantitative estimate of drug-likeness (QED) is 0.178. The second-order valence-corrected chi connectivity index (χ2v) is 9.32. The molecule has 0 aliphatic carbocycles. The van der Waals surface area contributed by atoms with Gasteiger partial charge in [-0.1, -0.05) is 56.3 Å². The van der Waals surface area contributed by atoms with E-state index in [-0.39, 0.29) is 37.8 Å². The van der Waals surface area contributed by atoms with Gasteiger partial charge in [0.2, 0.25) is 23.6 Å². The Bertz CT molecular complexity index is 1060. The number of carbonyl (C=O) groups is 4. The third kappa shape index (κ3) is 8.94. The fourth-order valence-corrected chi connectivity index (χ4v) is 3.95. The lowest BCUT2D eigenvalue weighted by Crippen LogP contribution is -2.54. The lowest BCUT2D eigenvalue weighted by Gasteiger charge is -2.24. The Hall–Kier alpha value is -3.50. The molecule has 0 aliphatic rings. The Morgan fingerprint density at radius 2 is 1.61 bits per heavy atom. The summed E-state index contributed by atoms with van der Waals surface area (Å²) in [5, 5.41) is 19.0. The van der Waals surface area contributed by atoms with Crippen LogP contribution in [0.3, 0.4) is 0 Å². The first-order chi connectivity index (χ1) is 17.1. The highest BCUT2D eigenvalue weighted by Gasteiger charge is 2.29. The largest absolute Gasteiger partial charge is 0.353 e. The van der Waals surface area contributed by atoms with Gasteiger partial charge >= 0.3 is 0 Å². The molecule has 0 saturated heterocycles. The maximum atomic E-state index is 13.2. The summed E-state index contributed by atoms with van der Waals surface area (Å²) in [6, 6.07) is 11.7. The molecule has 2 rings (SSSR count). The Kier molecular flexibility index (Phi) is 11.3. The fraction of sp³-hybridized carbons (Fsp3) is 0.462. The van der Waals surface area contributed by atoms with Crippen molar-refractivity contribution < 1.29 is 24.4 Å². The second kappa shape index (κ2) is 14.2. The number of fused-ring (bicyclic) bond motifs is 1. The zero-order valence-electron chi connectivity index (χ0n) is 21.0. The molecule has 3 unspecified atom stereocenters. The monoisotopic (exact) mass is 499 g/mol. The molecule has 0 heterocycles. The van der Waals surface area contributed by atoms with Crippen LogP contribution in [0.1, 0.15) is 39.2 Å². The van der Waals surface area contributed by atoms with E-state index < -0.39 is 35.7 Å². The number of hydrogen-bond donors (Lipinski definition) is 6. The van der Waals surface area contributed by atoms with Crippen LogP contribution >= 0.6 is 0 Å². The van der Waals surface area contributed by atoms with Crippen LogP contribution in [-0.2, 0) is 25.6 Å². The van der Waals surface area contributed by atoms with Gasteiger partial charge in [0, 0.05) is 31.8 Å². The average molecular weight is 500 g/mol. The van der Waals surface area contributed by atoms with Crippen LogP contribution in [0.25, 0.3) is 10.8 Å². The van der Waals surface area contributed by atoms with Crippen LogP contribution in [0.2, 0.25) is 0 Å². The summed E-state index contributed by atoms with van der Waals surface area (Å²) >= 11 is 0. The third-order valence-corrected chi connectivity index (χ3v) is 5.77. The number of nitrogens with one attached hydrogen (secondary N) is 4. The predicted molar refractivity (Wildman–Crippen MR) is 137 cm³/mol. The van der Waals surface area contributed by atoms with Gasteiger partial charge in [-0.15, -0.1) is 0 Å². The Morgan fingerprint density at radius 3 is 2.25 bits per heavy atom. The van der Waals surface area contributed by atoms with Gasteiger partial charge < -0.3 is 21.7 Å². The minimum Gasteiger partial charge on any atom is -0.353 e. The number of hydrogen-bond acceptors (Lipinski definition) is 6. The van der Waals surface area contributed by atoms with Crippen LogP contribution in [0.5, 0.6) is 0 Å². The molecule has 2 aromatic carbocycles. The van der Waals surface area contributed by atoms with E-state index >= 15 is 0 Å². The van der Waals surface area contributed by atoms with Gasteiger partial charge in [0.25, 0.3) is 0 Å². The predicted octanol–water partition coefficient (Wildman–Crippen LogP) is 1.00. The van der Waals surface area contributed by atoms with Crippen molar-refractivity contribution in [2.75, 3.05) is 13.1 Å². The molecule has 196 valence electrons. The summed E-state index contributed by atoms with van der Waals surface area (Å²) in [5.74, 6) is -2.71. The highest BCUT2D eigenvalue weighted by Crippen LogP contribution is 2.19. The van der Waals surface area contributed by atoms with Crippen LogP contribution in [-0.4, -0.2) is 54.0 Å². The maximum absolute atomic E-state index is 13.2. The second-order valence-electron chi connectivity index (χ2n) is 9.32. The van der Waals surface area contributed by atoms with Gasteiger partial charge in [-0.3, -0.25) is 24.4 Å². The average Bonchev–Trinajstić information content (AvgIpc) is 2.85. The standard InChI is InChI=1S/C26H37N5O5/c1-16(2)12-21(15-23(32)31-36)25(34)30-22(26(35)29-17(3)24(33)28-11-10-27)14-18-8-9-19-6-4-5-7-20(19)13-18/h4-9,13,16-17,21-22,36H,10-12,14-15,27H2,1-3H3,(H,28,33)(H,29,35)(H,30,34)(H,31,32). The number of hydroxylamine groups is 1. The summed E-state index contributed by atoms with van der Waals surface area (Å²) in [4.78, 5) is 50.4. The maximum Gasteiger partial charge on any atom is 0.244 e. The number of benzene rings is 2. The first-order valence-electron chi connectivity index (χ1n) is 12.1. The molecule has 10 nitrogen and oxygen atoms in total. The minimum absolute atomic E-state index is 0.103. The molecular formula is C26H37N5O5. The van der Waals surface area contributed by atoms with Crippen LogP contribution in [0.4, 0.5) is 0 Å². The third-order valence-electron chi connectivity index (χ3n) is 5.77. The van der Waals surface area contributed by atoms with E-state index in [4.69, 9.17) is 10.9 Å². The molecule has 0 spiro atoms. The summed E-state index contributed by atoms with van der Waals surface area (Å²) in [7, 11) is 0. The van der Waals surface area contributed by atoms with Crippen molar-refractivity contribution in [3.63, 3.8) is 0 Å². The zero-order valence-corrected chi connectivity index (χ0v) is 21.0. The van der Waals surface area contributed by atoms with Crippen molar-refractivity contribution in [2.45, 2.75) is 52.1 Å². The molecule has 0 aromatic heterocycles. The van der Waals surface area contributed by atoms with Gasteiger partial charge in [0.1, 0.15) is 12.1 Å². The molecular weight excluding hydrogens is 462 g/mol. The normalized spacial score (nSPS) is 13.5. The highest BCUT2D eigenvalue weighted by atomic mass is 16.5. The summed E-state index contributed by atoms with van der Waals surface area (Å²) in [6.45, 7) is 5.92. The summed E-state index contributed by atoms with van der Waals surface area (Å²) in [6.07, 6.45) is 0.352. The Labute approximate surface area is 211 Å². The number of carbonyl (C=O) groups excluding carboxylic acids is 4. The molecule has 0 fully saturated rings. The Morgan fingerprint density at radius 1 is 0.917 bits per heavy atom. The smallest absolute Gasteiger partial charge is 0.244 e. The molecule has 0 saturated carbocycles. The van der Waals surface area contributed by atoms with Crippen molar-refractivity contribution in [1.29, 1.82) is 0 Å². The van der Waals surface area contributed by atoms with Crippen molar-refractivity contribution in [3.8, 4) is 0 Å². The lowest BCUT2D eigenvalue weighted by atomic mass is 9.92. The molecule has 10 heteroatoms. The Balaban J connectivity index is 2.26. The molecule has 4 amide bonds. The van der Waals surface area contributed by atoms with Crippen molar-refractivity contribution in [3.05, 3.63) is 48.0 Å². The summed E-state index contributed by atoms with van der Waals surface area (Å²) < 4.78 is 0. The molecule has 2 aromatic rings. The van der Waals surface area contributed by atoms with E-state index in [1.807, 2.05) is 56.3 Å². The lowest BCUT2D eigenvalue weighted by molar-refractivity contribution is -0.137. The zero-order chi connectivity index (χ0) is 26.7. The van der Waals surface area contributed by atoms with E-state index in [0.29, 0.717) is 6.42 Å². The minimum atomic E-state index is -0.990. The van der Waals surface area contributed by atoms with Gasteiger partial charge in [-0.25, -0.2) is 5.48 Å². The molecule has 0 bridgehead atoms. The number of rotatable bonds is 13. The van der Waals surface area contributed by atoms with E-state index in [9.17, 15) is 19.2 Å². The van der Waals surface area contributed by atoms with E-state index in [0.717, 1.165) is 16.3 Å². The first kappa shape index (κ1) is 28.7. The molecule has 7 N–H and O–H groups in total. The first-order valence-corrected chi connectivity index (χ1v) is 12.1. The van der Waals surface area contributed by atoms with Crippen LogP contribution in [0.15, 0.2) is 42.5 Å². The fourth-order valence-electron chi connectivity index (χ4n) is 3.95. The van der Waals surface area contributed by atoms with Crippen molar-refractivity contribution >= 4 is 34.4 Å². The van der Waals surface area contributed by atoms with Gasteiger partial charge in [0.05, 0.1) is 0 Å². The molecule has 3 atom stereocenters. The van der Waals surface area contributed by atoms with E-state index in [2.05, 4.69) is 16.0 Å². The molecule has 36 heavy (non-hydrogen) atoms. The number of amides is 4. The van der Waals surface area contributed by atoms with E-state index in [1.165, 1.54) is 0 Å². The van der Waals surface area contributed by atoms with E-state index in [1.54, 1.807) is 12.4 Å².